The lowest BCUT2D eigenvalue weighted by atomic mass is 10.2. The topological polar surface area (TPSA) is 84.5 Å². The Bertz CT molecular complexity index is 622. The highest BCUT2D eigenvalue weighted by Gasteiger charge is 2.20. The van der Waals surface area contributed by atoms with Crippen molar-refractivity contribution in [2.75, 3.05) is 13.7 Å². The highest BCUT2D eigenvalue weighted by Crippen LogP contribution is 2.18. The van der Waals surface area contributed by atoms with E-state index in [0.29, 0.717) is 12.2 Å². The van der Waals surface area contributed by atoms with Gasteiger partial charge in [0, 0.05) is 24.8 Å². The van der Waals surface area contributed by atoms with Gasteiger partial charge in [0.2, 0.25) is 10.0 Å². The van der Waals surface area contributed by atoms with Gasteiger partial charge in [-0.1, -0.05) is 12.8 Å². The SMILES string of the molecule is COC[C@H](C)NS(=O)(=O)c1ccc(C(=O)NC2CCCC2)cc1. The summed E-state index contributed by atoms with van der Waals surface area (Å²) in [6, 6.07) is 5.90. The van der Waals surface area contributed by atoms with E-state index in [0.717, 1.165) is 25.7 Å². The predicted octanol–water partition coefficient (Wildman–Crippen LogP) is 1.67. The molecule has 1 aromatic rings. The van der Waals surface area contributed by atoms with Gasteiger partial charge in [0.15, 0.2) is 0 Å². The molecule has 1 aliphatic carbocycles. The summed E-state index contributed by atoms with van der Waals surface area (Å²) >= 11 is 0. The summed E-state index contributed by atoms with van der Waals surface area (Å²) in [6.45, 7) is 2.02. The zero-order chi connectivity index (χ0) is 16.9. The zero-order valence-electron chi connectivity index (χ0n) is 13.5. The van der Waals surface area contributed by atoms with Crippen LogP contribution in [0, 0.1) is 0 Å². The Labute approximate surface area is 137 Å². The Hall–Kier alpha value is -1.44. The summed E-state index contributed by atoms with van der Waals surface area (Å²) in [5.74, 6) is -0.151. The molecular weight excluding hydrogens is 316 g/mol. The van der Waals surface area contributed by atoms with Crippen molar-refractivity contribution >= 4 is 15.9 Å². The number of ether oxygens (including phenoxy) is 1. The molecule has 6 nitrogen and oxygen atoms in total. The quantitative estimate of drug-likeness (QED) is 0.791. The van der Waals surface area contributed by atoms with Gasteiger partial charge in [-0.2, -0.15) is 0 Å². The van der Waals surface area contributed by atoms with Crippen molar-refractivity contribution in [3.05, 3.63) is 29.8 Å². The van der Waals surface area contributed by atoms with Gasteiger partial charge in [-0.25, -0.2) is 13.1 Å². The molecule has 1 fully saturated rings. The van der Waals surface area contributed by atoms with Crippen LogP contribution in [0.4, 0.5) is 0 Å². The van der Waals surface area contributed by atoms with Gasteiger partial charge in [-0.05, 0) is 44.0 Å². The highest BCUT2D eigenvalue weighted by molar-refractivity contribution is 7.89. The Morgan fingerprint density at radius 3 is 2.43 bits per heavy atom. The van der Waals surface area contributed by atoms with Gasteiger partial charge in [0.1, 0.15) is 0 Å². The van der Waals surface area contributed by atoms with Crippen molar-refractivity contribution < 1.29 is 17.9 Å². The van der Waals surface area contributed by atoms with E-state index in [1.54, 1.807) is 19.1 Å². The third kappa shape index (κ3) is 5.02. The number of sulfonamides is 1. The molecular formula is C16H24N2O4S. The first-order chi connectivity index (χ1) is 10.9. The maximum absolute atomic E-state index is 12.2. The smallest absolute Gasteiger partial charge is 0.251 e. The lowest BCUT2D eigenvalue weighted by Crippen LogP contribution is -2.35. The van der Waals surface area contributed by atoms with Gasteiger partial charge >= 0.3 is 0 Å². The van der Waals surface area contributed by atoms with E-state index >= 15 is 0 Å². The Morgan fingerprint density at radius 1 is 1.26 bits per heavy atom. The molecule has 0 bridgehead atoms. The van der Waals surface area contributed by atoms with Crippen molar-refractivity contribution in [3.8, 4) is 0 Å². The average molecular weight is 340 g/mol. The number of hydrogen-bond acceptors (Lipinski definition) is 4. The molecule has 1 aromatic carbocycles. The monoisotopic (exact) mass is 340 g/mol. The van der Waals surface area contributed by atoms with Gasteiger partial charge in [0.05, 0.1) is 11.5 Å². The molecule has 128 valence electrons. The van der Waals surface area contributed by atoms with Crippen LogP contribution in [-0.4, -0.2) is 40.1 Å². The maximum atomic E-state index is 12.2. The van der Waals surface area contributed by atoms with Gasteiger partial charge in [-0.15, -0.1) is 0 Å². The molecule has 0 aromatic heterocycles. The molecule has 23 heavy (non-hydrogen) atoms. The number of methoxy groups -OCH3 is 1. The van der Waals surface area contributed by atoms with Crippen LogP contribution in [0.15, 0.2) is 29.2 Å². The van der Waals surface area contributed by atoms with Gasteiger partial charge in [0.25, 0.3) is 5.91 Å². The van der Waals surface area contributed by atoms with Crippen LogP contribution >= 0.6 is 0 Å². The first-order valence-electron chi connectivity index (χ1n) is 7.84. The van der Waals surface area contributed by atoms with Crippen LogP contribution in [0.1, 0.15) is 43.0 Å². The summed E-state index contributed by atoms with van der Waals surface area (Å²) in [5.41, 5.74) is 0.473. The van der Waals surface area contributed by atoms with E-state index in [-0.39, 0.29) is 22.9 Å². The standard InChI is InChI=1S/C16H24N2O4S/c1-12(11-22-2)18-23(20,21)15-9-7-13(8-10-15)16(19)17-14-5-3-4-6-14/h7-10,12,14,18H,3-6,11H2,1-2H3,(H,17,19)/t12-/m0/s1. The molecule has 0 spiro atoms. The van der Waals surface area contributed by atoms with Crippen LogP contribution in [-0.2, 0) is 14.8 Å². The van der Waals surface area contributed by atoms with Gasteiger partial charge < -0.3 is 10.1 Å². The minimum Gasteiger partial charge on any atom is -0.383 e. The predicted molar refractivity (Wildman–Crippen MR) is 87.8 cm³/mol. The summed E-state index contributed by atoms with van der Waals surface area (Å²) in [4.78, 5) is 12.3. The molecule has 1 aliphatic rings. The number of hydrogen-bond donors (Lipinski definition) is 2. The second-order valence-corrected chi connectivity index (χ2v) is 7.67. The van der Waals surface area contributed by atoms with Crippen LogP contribution in [0.3, 0.4) is 0 Å². The van der Waals surface area contributed by atoms with Crippen LogP contribution in [0.5, 0.6) is 0 Å². The second kappa shape index (κ2) is 7.90. The highest BCUT2D eigenvalue weighted by atomic mass is 32.2. The van der Waals surface area contributed by atoms with Crippen LogP contribution in [0.2, 0.25) is 0 Å². The van der Waals surface area contributed by atoms with Crippen molar-refractivity contribution in [1.82, 2.24) is 10.0 Å². The number of nitrogens with one attached hydrogen (secondary N) is 2. The Morgan fingerprint density at radius 2 is 1.87 bits per heavy atom. The maximum Gasteiger partial charge on any atom is 0.251 e. The number of benzene rings is 1. The second-order valence-electron chi connectivity index (χ2n) is 5.96. The minimum atomic E-state index is -3.61. The summed E-state index contributed by atoms with van der Waals surface area (Å²) < 4.78 is 31.9. The van der Waals surface area contributed by atoms with E-state index in [1.165, 1.54) is 19.2 Å². The van der Waals surface area contributed by atoms with E-state index in [1.807, 2.05) is 0 Å². The Kier molecular flexibility index (Phi) is 6.15. The number of carbonyl (C=O) groups excluding carboxylic acids is 1. The van der Waals surface area contributed by atoms with Crippen molar-refractivity contribution in [1.29, 1.82) is 0 Å². The van der Waals surface area contributed by atoms with E-state index in [4.69, 9.17) is 4.74 Å². The molecule has 0 radical (unpaired) electrons. The minimum absolute atomic E-state index is 0.137. The van der Waals surface area contributed by atoms with E-state index < -0.39 is 10.0 Å². The number of carbonyl (C=O) groups is 1. The first kappa shape index (κ1) is 17.9. The molecule has 1 atom stereocenters. The summed E-state index contributed by atoms with van der Waals surface area (Å²) in [5, 5.41) is 2.98. The summed E-state index contributed by atoms with van der Waals surface area (Å²) in [6.07, 6.45) is 4.32. The molecule has 0 aliphatic heterocycles. The first-order valence-corrected chi connectivity index (χ1v) is 9.33. The third-order valence-corrected chi connectivity index (χ3v) is 5.50. The number of rotatable bonds is 7. The normalized spacial score (nSPS) is 17.1. The molecule has 2 rings (SSSR count). The molecule has 0 heterocycles. The zero-order valence-corrected chi connectivity index (χ0v) is 14.4. The van der Waals surface area contributed by atoms with Crippen molar-refractivity contribution in [2.45, 2.75) is 49.6 Å². The fraction of sp³-hybridized carbons (Fsp3) is 0.562. The summed E-state index contributed by atoms with van der Waals surface area (Å²) in [7, 11) is -2.09. The molecule has 1 saturated carbocycles. The number of amides is 1. The third-order valence-electron chi connectivity index (χ3n) is 3.89. The fourth-order valence-electron chi connectivity index (χ4n) is 2.74. The fourth-order valence-corrected chi connectivity index (χ4v) is 3.97. The van der Waals surface area contributed by atoms with Crippen LogP contribution < -0.4 is 10.0 Å². The van der Waals surface area contributed by atoms with Crippen molar-refractivity contribution in [2.24, 2.45) is 0 Å². The molecule has 0 unspecified atom stereocenters. The van der Waals surface area contributed by atoms with Crippen molar-refractivity contribution in [3.63, 3.8) is 0 Å². The molecule has 2 N–H and O–H groups in total. The Balaban J connectivity index is 2.01. The largest absolute Gasteiger partial charge is 0.383 e. The van der Waals surface area contributed by atoms with E-state index in [9.17, 15) is 13.2 Å². The molecule has 0 saturated heterocycles. The van der Waals surface area contributed by atoms with Crippen LogP contribution in [0.25, 0.3) is 0 Å². The lowest BCUT2D eigenvalue weighted by Gasteiger charge is -2.14. The van der Waals surface area contributed by atoms with E-state index in [2.05, 4.69) is 10.0 Å². The lowest BCUT2D eigenvalue weighted by molar-refractivity contribution is 0.0938. The van der Waals surface area contributed by atoms with Gasteiger partial charge in [-0.3, -0.25) is 4.79 Å². The average Bonchev–Trinajstić information content (AvgIpc) is 3.00. The molecule has 1 amide bonds. The molecule has 7 heteroatoms.